The molecule has 0 aliphatic carbocycles. The summed E-state index contributed by atoms with van der Waals surface area (Å²) in [6, 6.07) is 10.1. The molecule has 0 atom stereocenters. The predicted octanol–water partition coefficient (Wildman–Crippen LogP) is 3.01. The van der Waals surface area contributed by atoms with Crippen molar-refractivity contribution < 1.29 is 4.79 Å². The van der Waals surface area contributed by atoms with E-state index in [0.717, 1.165) is 24.4 Å². The number of H-pyrrole nitrogens is 1. The van der Waals surface area contributed by atoms with Gasteiger partial charge in [0, 0.05) is 25.2 Å². The molecule has 0 saturated carbocycles. The molecule has 1 amide bonds. The average molecular weight is 285 g/mol. The van der Waals surface area contributed by atoms with E-state index in [9.17, 15) is 4.79 Å². The zero-order valence-corrected chi connectivity index (χ0v) is 13.0. The van der Waals surface area contributed by atoms with Crippen molar-refractivity contribution in [2.75, 3.05) is 6.54 Å². The molecule has 112 valence electrons. The zero-order chi connectivity index (χ0) is 15.2. The summed E-state index contributed by atoms with van der Waals surface area (Å²) < 4.78 is 0. The Labute approximate surface area is 126 Å². The number of benzene rings is 1. The minimum Gasteiger partial charge on any atom is -0.339 e. The maximum atomic E-state index is 12.4. The van der Waals surface area contributed by atoms with Crippen LogP contribution in [-0.4, -0.2) is 27.5 Å². The summed E-state index contributed by atoms with van der Waals surface area (Å²) in [6.45, 7) is 7.41. The molecule has 0 saturated heterocycles. The summed E-state index contributed by atoms with van der Waals surface area (Å²) >= 11 is 0. The number of nitrogens with one attached hydrogen (secondary N) is 1. The van der Waals surface area contributed by atoms with Crippen LogP contribution in [0.25, 0.3) is 0 Å². The van der Waals surface area contributed by atoms with E-state index in [0.29, 0.717) is 13.0 Å². The monoisotopic (exact) mass is 285 g/mol. The predicted molar refractivity (Wildman–Crippen MR) is 83.9 cm³/mol. The molecular formula is C17H23N3O. The van der Waals surface area contributed by atoms with Crippen LogP contribution in [0.2, 0.25) is 0 Å². The molecule has 0 bridgehead atoms. The summed E-state index contributed by atoms with van der Waals surface area (Å²) in [4.78, 5) is 14.3. The molecule has 0 aliphatic heterocycles. The van der Waals surface area contributed by atoms with Crippen LogP contribution in [0.4, 0.5) is 0 Å². The molecule has 21 heavy (non-hydrogen) atoms. The fourth-order valence-corrected chi connectivity index (χ4v) is 2.51. The zero-order valence-electron chi connectivity index (χ0n) is 13.0. The molecule has 0 fully saturated rings. The first-order valence-corrected chi connectivity index (χ1v) is 7.44. The minimum absolute atomic E-state index is 0.196. The standard InChI is InChI=1S/C17H23N3O/c1-4-20(12-15-8-6-5-7-9-15)17(21)11-10-16-13(2)18-19-14(16)3/h5-9H,4,10-12H2,1-3H3,(H,18,19). The maximum Gasteiger partial charge on any atom is 0.223 e. The molecule has 4 heteroatoms. The molecule has 1 aromatic heterocycles. The van der Waals surface area contributed by atoms with Crippen LogP contribution in [0.5, 0.6) is 0 Å². The smallest absolute Gasteiger partial charge is 0.223 e. The number of carbonyl (C=O) groups is 1. The largest absolute Gasteiger partial charge is 0.339 e. The van der Waals surface area contributed by atoms with Crippen LogP contribution in [-0.2, 0) is 17.8 Å². The van der Waals surface area contributed by atoms with E-state index in [4.69, 9.17) is 0 Å². The Morgan fingerprint density at radius 1 is 1.24 bits per heavy atom. The number of hydrogen-bond donors (Lipinski definition) is 1. The molecule has 1 aromatic carbocycles. The third-order valence-electron chi connectivity index (χ3n) is 3.82. The van der Waals surface area contributed by atoms with Gasteiger partial charge in [0.25, 0.3) is 0 Å². The second-order valence-corrected chi connectivity index (χ2v) is 5.31. The summed E-state index contributed by atoms with van der Waals surface area (Å²) in [5.41, 5.74) is 4.39. The Morgan fingerprint density at radius 3 is 2.52 bits per heavy atom. The Balaban J connectivity index is 1.94. The summed E-state index contributed by atoms with van der Waals surface area (Å²) in [7, 11) is 0. The van der Waals surface area contributed by atoms with Gasteiger partial charge < -0.3 is 4.90 Å². The lowest BCUT2D eigenvalue weighted by Gasteiger charge is -2.21. The van der Waals surface area contributed by atoms with Crippen molar-refractivity contribution in [1.29, 1.82) is 0 Å². The van der Waals surface area contributed by atoms with Crippen LogP contribution < -0.4 is 0 Å². The van der Waals surface area contributed by atoms with Gasteiger partial charge in [-0.2, -0.15) is 5.10 Å². The highest BCUT2D eigenvalue weighted by molar-refractivity contribution is 5.76. The number of aryl methyl sites for hydroxylation is 2. The van der Waals surface area contributed by atoms with E-state index in [2.05, 4.69) is 22.3 Å². The number of amides is 1. The number of aromatic amines is 1. The molecule has 0 aliphatic rings. The van der Waals surface area contributed by atoms with Crippen molar-refractivity contribution >= 4 is 5.91 Å². The lowest BCUT2D eigenvalue weighted by atomic mass is 10.1. The van der Waals surface area contributed by atoms with E-state index >= 15 is 0 Å². The van der Waals surface area contributed by atoms with E-state index in [1.807, 2.05) is 43.9 Å². The van der Waals surface area contributed by atoms with Crippen molar-refractivity contribution in [3.8, 4) is 0 Å². The van der Waals surface area contributed by atoms with Crippen molar-refractivity contribution in [1.82, 2.24) is 15.1 Å². The SMILES string of the molecule is CCN(Cc1ccccc1)C(=O)CCc1c(C)n[nH]c1C. The molecule has 4 nitrogen and oxygen atoms in total. The first-order chi connectivity index (χ1) is 10.1. The van der Waals surface area contributed by atoms with Gasteiger partial charge in [0.05, 0.1) is 5.69 Å². The molecule has 1 heterocycles. The van der Waals surface area contributed by atoms with Crippen LogP contribution in [0.3, 0.4) is 0 Å². The van der Waals surface area contributed by atoms with Crippen molar-refractivity contribution in [2.45, 2.75) is 40.2 Å². The Kier molecular flexibility index (Phi) is 5.14. The first kappa shape index (κ1) is 15.3. The molecule has 1 N–H and O–H groups in total. The number of hydrogen-bond acceptors (Lipinski definition) is 2. The van der Waals surface area contributed by atoms with Crippen LogP contribution in [0, 0.1) is 13.8 Å². The van der Waals surface area contributed by atoms with Crippen LogP contribution in [0.1, 0.15) is 35.9 Å². The highest BCUT2D eigenvalue weighted by atomic mass is 16.2. The highest BCUT2D eigenvalue weighted by Crippen LogP contribution is 2.13. The molecular weight excluding hydrogens is 262 g/mol. The second kappa shape index (κ2) is 7.07. The number of nitrogens with zero attached hydrogens (tertiary/aromatic N) is 2. The molecule has 2 rings (SSSR count). The number of aromatic nitrogens is 2. The van der Waals surface area contributed by atoms with E-state index in [1.165, 1.54) is 11.1 Å². The van der Waals surface area contributed by atoms with Gasteiger partial charge in [0.2, 0.25) is 5.91 Å². The van der Waals surface area contributed by atoms with Crippen molar-refractivity contribution in [2.24, 2.45) is 0 Å². The summed E-state index contributed by atoms with van der Waals surface area (Å²) in [5.74, 6) is 0.196. The van der Waals surface area contributed by atoms with Gasteiger partial charge in [0.15, 0.2) is 0 Å². The lowest BCUT2D eigenvalue weighted by molar-refractivity contribution is -0.131. The summed E-state index contributed by atoms with van der Waals surface area (Å²) in [6.07, 6.45) is 1.28. The van der Waals surface area contributed by atoms with Crippen molar-refractivity contribution in [3.05, 3.63) is 52.8 Å². The lowest BCUT2D eigenvalue weighted by Crippen LogP contribution is -2.30. The van der Waals surface area contributed by atoms with Gasteiger partial charge in [-0.15, -0.1) is 0 Å². The minimum atomic E-state index is 0.196. The third-order valence-corrected chi connectivity index (χ3v) is 3.82. The Hall–Kier alpha value is -2.10. The maximum absolute atomic E-state index is 12.4. The number of rotatable bonds is 6. The van der Waals surface area contributed by atoms with Crippen molar-refractivity contribution in [3.63, 3.8) is 0 Å². The van der Waals surface area contributed by atoms with Gasteiger partial charge in [-0.05, 0) is 38.3 Å². The Bertz CT molecular complexity index is 570. The summed E-state index contributed by atoms with van der Waals surface area (Å²) in [5, 5.41) is 7.15. The fourth-order valence-electron chi connectivity index (χ4n) is 2.51. The van der Waals surface area contributed by atoms with E-state index < -0.39 is 0 Å². The first-order valence-electron chi connectivity index (χ1n) is 7.44. The second-order valence-electron chi connectivity index (χ2n) is 5.31. The average Bonchev–Trinajstić information content (AvgIpc) is 2.82. The normalized spacial score (nSPS) is 10.6. The topological polar surface area (TPSA) is 49.0 Å². The number of carbonyl (C=O) groups excluding carboxylic acids is 1. The Morgan fingerprint density at radius 2 is 1.95 bits per heavy atom. The van der Waals surface area contributed by atoms with Gasteiger partial charge in [0.1, 0.15) is 0 Å². The highest BCUT2D eigenvalue weighted by Gasteiger charge is 2.14. The molecule has 0 spiro atoms. The van der Waals surface area contributed by atoms with Crippen LogP contribution >= 0.6 is 0 Å². The van der Waals surface area contributed by atoms with Crippen LogP contribution in [0.15, 0.2) is 30.3 Å². The van der Waals surface area contributed by atoms with Gasteiger partial charge in [-0.25, -0.2) is 0 Å². The third kappa shape index (κ3) is 3.94. The molecule has 2 aromatic rings. The van der Waals surface area contributed by atoms with Gasteiger partial charge >= 0.3 is 0 Å². The molecule has 0 unspecified atom stereocenters. The molecule has 0 radical (unpaired) electrons. The van der Waals surface area contributed by atoms with E-state index in [1.54, 1.807) is 0 Å². The van der Waals surface area contributed by atoms with Gasteiger partial charge in [-0.3, -0.25) is 9.89 Å². The quantitative estimate of drug-likeness (QED) is 0.887. The fraction of sp³-hybridized carbons (Fsp3) is 0.412. The van der Waals surface area contributed by atoms with Gasteiger partial charge in [-0.1, -0.05) is 30.3 Å². The van der Waals surface area contributed by atoms with E-state index in [-0.39, 0.29) is 5.91 Å².